The molecule has 1 aromatic heterocycles. The Hall–Kier alpha value is -1.90. The molecule has 4 aliphatic carbocycles. The maximum Gasteiger partial charge on any atom is 0.224 e. The summed E-state index contributed by atoms with van der Waals surface area (Å²) in [6, 6.07) is 10.2. The standard InChI is InChI=1S/C21H24N2O/c24-20(9-17-8-18-3-1-2-4-19(18)22-13-17)23-21-10-14-5-15(11-21)7-16(6-14)12-21/h1-4,8,13-16H,5-7,9-12H2,(H,23,24). The molecule has 4 saturated carbocycles. The molecule has 4 bridgehead atoms. The summed E-state index contributed by atoms with van der Waals surface area (Å²) in [6.07, 6.45) is 10.1. The van der Waals surface area contributed by atoms with Crippen molar-refractivity contribution < 1.29 is 4.79 Å². The first-order chi connectivity index (χ1) is 11.7. The average Bonchev–Trinajstić information content (AvgIpc) is 2.52. The summed E-state index contributed by atoms with van der Waals surface area (Å²) in [7, 11) is 0. The summed E-state index contributed by atoms with van der Waals surface area (Å²) >= 11 is 0. The molecule has 0 spiro atoms. The summed E-state index contributed by atoms with van der Waals surface area (Å²) in [5, 5.41) is 4.56. The van der Waals surface area contributed by atoms with Gasteiger partial charge in [-0.05, 0) is 74.0 Å². The highest BCUT2D eigenvalue weighted by atomic mass is 16.1. The molecule has 4 aliphatic rings. The molecule has 24 heavy (non-hydrogen) atoms. The predicted octanol–water partition coefficient (Wildman–Crippen LogP) is 3.86. The molecule has 1 amide bonds. The number of carbonyl (C=O) groups excluding carboxylic acids is 1. The largest absolute Gasteiger partial charge is 0.350 e. The zero-order valence-corrected chi connectivity index (χ0v) is 14.0. The van der Waals surface area contributed by atoms with Gasteiger partial charge in [-0.1, -0.05) is 18.2 Å². The normalized spacial score (nSPS) is 33.8. The summed E-state index contributed by atoms with van der Waals surface area (Å²) in [6.45, 7) is 0. The highest BCUT2D eigenvalue weighted by molar-refractivity contribution is 5.83. The second-order valence-corrected chi connectivity index (χ2v) is 8.46. The number of hydrogen-bond acceptors (Lipinski definition) is 2. The minimum absolute atomic E-state index is 0.107. The Kier molecular flexibility index (Phi) is 3.19. The van der Waals surface area contributed by atoms with Crippen LogP contribution in [-0.4, -0.2) is 16.4 Å². The fourth-order valence-corrected chi connectivity index (χ4v) is 6.00. The molecule has 2 aromatic rings. The molecule has 3 heteroatoms. The van der Waals surface area contributed by atoms with E-state index in [0.717, 1.165) is 34.2 Å². The molecule has 0 atom stereocenters. The van der Waals surface area contributed by atoms with Gasteiger partial charge in [0, 0.05) is 17.1 Å². The Morgan fingerprint density at radius 1 is 1.08 bits per heavy atom. The van der Waals surface area contributed by atoms with E-state index in [1.165, 1.54) is 38.5 Å². The summed E-state index contributed by atoms with van der Waals surface area (Å²) in [5.41, 5.74) is 2.11. The van der Waals surface area contributed by atoms with Crippen molar-refractivity contribution in [3.63, 3.8) is 0 Å². The van der Waals surface area contributed by atoms with Crippen molar-refractivity contribution in [1.82, 2.24) is 10.3 Å². The molecular formula is C21H24N2O. The molecule has 3 nitrogen and oxygen atoms in total. The van der Waals surface area contributed by atoms with E-state index in [9.17, 15) is 4.79 Å². The van der Waals surface area contributed by atoms with Gasteiger partial charge in [0.2, 0.25) is 5.91 Å². The molecule has 0 aliphatic heterocycles. The van der Waals surface area contributed by atoms with Crippen LogP contribution in [0, 0.1) is 17.8 Å². The van der Waals surface area contributed by atoms with Gasteiger partial charge in [0.05, 0.1) is 11.9 Å². The van der Waals surface area contributed by atoms with Gasteiger partial charge in [-0.2, -0.15) is 0 Å². The maximum absolute atomic E-state index is 12.7. The number of nitrogens with one attached hydrogen (secondary N) is 1. The second kappa shape index (κ2) is 5.30. The van der Waals surface area contributed by atoms with Gasteiger partial charge in [0.15, 0.2) is 0 Å². The summed E-state index contributed by atoms with van der Waals surface area (Å²) in [5.74, 6) is 2.76. The number of rotatable bonds is 3. The van der Waals surface area contributed by atoms with Crippen LogP contribution in [0.2, 0.25) is 0 Å². The molecule has 0 unspecified atom stereocenters. The fourth-order valence-electron chi connectivity index (χ4n) is 6.00. The van der Waals surface area contributed by atoms with Crippen LogP contribution in [0.5, 0.6) is 0 Å². The van der Waals surface area contributed by atoms with E-state index in [1.807, 2.05) is 24.4 Å². The lowest BCUT2D eigenvalue weighted by molar-refractivity contribution is -0.126. The van der Waals surface area contributed by atoms with Crippen molar-refractivity contribution in [2.75, 3.05) is 0 Å². The number of hydrogen-bond donors (Lipinski definition) is 1. The van der Waals surface area contributed by atoms with Gasteiger partial charge in [0.25, 0.3) is 0 Å². The van der Waals surface area contributed by atoms with E-state index in [-0.39, 0.29) is 11.4 Å². The van der Waals surface area contributed by atoms with Crippen LogP contribution in [-0.2, 0) is 11.2 Å². The van der Waals surface area contributed by atoms with E-state index >= 15 is 0 Å². The quantitative estimate of drug-likeness (QED) is 0.933. The molecular weight excluding hydrogens is 296 g/mol. The number of benzene rings is 1. The Balaban J connectivity index is 1.32. The van der Waals surface area contributed by atoms with E-state index < -0.39 is 0 Å². The molecule has 0 radical (unpaired) electrons. The highest BCUT2D eigenvalue weighted by Crippen LogP contribution is 2.55. The second-order valence-electron chi connectivity index (χ2n) is 8.46. The lowest BCUT2D eigenvalue weighted by Gasteiger charge is -2.56. The van der Waals surface area contributed by atoms with Crippen molar-refractivity contribution in [1.29, 1.82) is 0 Å². The van der Waals surface area contributed by atoms with Crippen molar-refractivity contribution >= 4 is 16.8 Å². The van der Waals surface area contributed by atoms with Gasteiger partial charge in [0.1, 0.15) is 0 Å². The highest BCUT2D eigenvalue weighted by Gasteiger charge is 2.51. The van der Waals surface area contributed by atoms with E-state index in [0.29, 0.717) is 6.42 Å². The van der Waals surface area contributed by atoms with Crippen LogP contribution in [0.3, 0.4) is 0 Å². The Bertz CT molecular complexity index is 762. The number of aromatic nitrogens is 1. The lowest BCUT2D eigenvalue weighted by atomic mass is 9.53. The topological polar surface area (TPSA) is 42.0 Å². The van der Waals surface area contributed by atoms with Crippen molar-refractivity contribution in [3.8, 4) is 0 Å². The van der Waals surface area contributed by atoms with Gasteiger partial charge in [-0.15, -0.1) is 0 Å². The van der Waals surface area contributed by atoms with Crippen LogP contribution in [0.25, 0.3) is 10.9 Å². The minimum Gasteiger partial charge on any atom is -0.350 e. The molecule has 0 saturated heterocycles. The third kappa shape index (κ3) is 2.51. The fraction of sp³-hybridized carbons (Fsp3) is 0.524. The Morgan fingerprint density at radius 3 is 2.46 bits per heavy atom. The monoisotopic (exact) mass is 320 g/mol. The maximum atomic E-state index is 12.7. The Labute approximate surface area is 142 Å². The van der Waals surface area contributed by atoms with Gasteiger partial charge < -0.3 is 5.32 Å². The van der Waals surface area contributed by atoms with Gasteiger partial charge in [-0.3, -0.25) is 9.78 Å². The zero-order chi connectivity index (χ0) is 16.1. The minimum atomic E-state index is 0.107. The predicted molar refractivity (Wildman–Crippen MR) is 94.5 cm³/mol. The number of amides is 1. The molecule has 1 heterocycles. The van der Waals surface area contributed by atoms with E-state index in [2.05, 4.69) is 22.4 Å². The number of para-hydroxylation sites is 1. The molecule has 4 fully saturated rings. The number of carbonyl (C=O) groups is 1. The van der Waals surface area contributed by atoms with E-state index in [4.69, 9.17) is 0 Å². The molecule has 124 valence electrons. The average molecular weight is 320 g/mol. The first-order valence-corrected chi connectivity index (χ1v) is 9.32. The third-order valence-electron chi connectivity index (χ3n) is 6.45. The van der Waals surface area contributed by atoms with Crippen LogP contribution < -0.4 is 5.32 Å². The smallest absolute Gasteiger partial charge is 0.224 e. The van der Waals surface area contributed by atoms with Gasteiger partial charge >= 0.3 is 0 Å². The van der Waals surface area contributed by atoms with Crippen molar-refractivity contribution in [2.24, 2.45) is 17.8 Å². The van der Waals surface area contributed by atoms with Gasteiger partial charge in [-0.25, -0.2) is 0 Å². The number of nitrogens with zero attached hydrogens (tertiary/aromatic N) is 1. The van der Waals surface area contributed by atoms with Crippen molar-refractivity contribution in [3.05, 3.63) is 42.1 Å². The molecule has 1 aromatic carbocycles. The first-order valence-electron chi connectivity index (χ1n) is 9.32. The number of fused-ring (bicyclic) bond motifs is 1. The van der Waals surface area contributed by atoms with Crippen LogP contribution >= 0.6 is 0 Å². The summed E-state index contributed by atoms with van der Waals surface area (Å²) < 4.78 is 0. The SMILES string of the molecule is O=C(Cc1cnc2ccccc2c1)NC12CC3CC(CC(C3)C1)C2. The first kappa shape index (κ1) is 14.4. The van der Waals surface area contributed by atoms with Crippen LogP contribution in [0.1, 0.15) is 44.1 Å². The molecule has 1 N–H and O–H groups in total. The third-order valence-corrected chi connectivity index (χ3v) is 6.45. The summed E-state index contributed by atoms with van der Waals surface area (Å²) in [4.78, 5) is 17.2. The Morgan fingerprint density at radius 2 is 1.75 bits per heavy atom. The van der Waals surface area contributed by atoms with Crippen LogP contribution in [0.4, 0.5) is 0 Å². The zero-order valence-electron chi connectivity index (χ0n) is 14.0. The molecule has 6 rings (SSSR count). The lowest BCUT2D eigenvalue weighted by Crippen LogP contribution is -2.60. The van der Waals surface area contributed by atoms with E-state index in [1.54, 1.807) is 0 Å². The van der Waals surface area contributed by atoms with Crippen LogP contribution in [0.15, 0.2) is 36.5 Å². The van der Waals surface area contributed by atoms with Crippen molar-refractivity contribution in [2.45, 2.75) is 50.5 Å². The number of pyridine rings is 1.